The van der Waals surface area contributed by atoms with Crippen LogP contribution in [0, 0.1) is 5.82 Å². The van der Waals surface area contributed by atoms with Gasteiger partial charge in [0.05, 0.1) is 0 Å². The molecule has 2 aromatic carbocycles. The molecule has 2 N–H and O–H groups in total. The lowest BCUT2D eigenvalue weighted by Gasteiger charge is -2.12. The fourth-order valence-electron chi connectivity index (χ4n) is 2.30. The fraction of sp³-hybridized carbons (Fsp3) is 0.368. The second-order valence-electron chi connectivity index (χ2n) is 5.37. The Balaban J connectivity index is 1.84. The van der Waals surface area contributed by atoms with E-state index in [1.54, 1.807) is 12.1 Å². The summed E-state index contributed by atoms with van der Waals surface area (Å²) in [5, 5.41) is 6.72. The number of ether oxygens (including phenoxy) is 1. The van der Waals surface area contributed by atoms with Crippen molar-refractivity contribution in [2.24, 2.45) is 0 Å². The van der Waals surface area contributed by atoms with E-state index in [0.29, 0.717) is 5.56 Å². The van der Waals surface area contributed by atoms with E-state index in [0.717, 1.165) is 43.9 Å². The summed E-state index contributed by atoms with van der Waals surface area (Å²) in [6.45, 7) is 6.08. The molecular formula is C19H25FN2O. The van der Waals surface area contributed by atoms with Crippen LogP contribution >= 0.6 is 0 Å². The van der Waals surface area contributed by atoms with Gasteiger partial charge in [0.2, 0.25) is 0 Å². The molecule has 23 heavy (non-hydrogen) atoms. The number of halogens is 1. The number of rotatable bonds is 10. The lowest BCUT2D eigenvalue weighted by molar-refractivity contribution is 0.296. The monoisotopic (exact) mass is 316 g/mol. The number of hydrogen-bond acceptors (Lipinski definition) is 3. The Bertz CT molecular complexity index is 589. The molecule has 2 aromatic rings. The molecule has 0 bridgehead atoms. The first-order valence-corrected chi connectivity index (χ1v) is 8.16. The molecule has 0 aliphatic heterocycles. The quantitative estimate of drug-likeness (QED) is 0.658. The maximum Gasteiger partial charge on any atom is 0.129 e. The molecule has 0 spiro atoms. The van der Waals surface area contributed by atoms with Crippen molar-refractivity contribution in [1.82, 2.24) is 10.6 Å². The zero-order chi connectivity index (χ0) is 16.3. The highest BCUT2D eigenvalue weighted by atomic mass is 19.1. The van der Waals surface area contributed by atoms with Gasteiger partial charge in [-0.25, -0.2) is 4.39 Å². The topological polar surface area (TPSA) is 33.3 Å². The van der Waals surface area contributed by atoms with E-state index in [9.17, 15) is 4.39 Å². The number of hydrogen-bond donors (Lipinski definition) is 2. The fourth-order valence-corrected chi connectivity index (χ4v) is 2.30. The van der Waals surface area contributed by atoms with E-state index in [1.807, 2.05) is 30.3 Å². The Morgan fingerprint density at radius 3 is 2.39 bits per heavy atom. The maximum atomic E-state index is 13.6. The lowest BCUT2D eigenvalue weighted by Crippen LogP contribution is -2.21. The average Bonchev–Trinajstić information content (AvgIpc) is 2.58. The van der Waals surface area contributed by atoms with Crippen LogP contribution in [0.5, 0.6) is 5.75 Å². The second kappa shape index (κ2) is 9.98. The summed E-state index contributed by atoms with van der Waals surface area (Å²) in [4.78, 5) is 0. The van der Waals surface area contributed by atoms with Crippen molar-refractivity contribution in [3.8, 4) is 5.75 Å². The Labute approximate surface area is 137 Å². The summed E-state index contributed by atoms with van der Waals surface area (Å²) in [5.41, 5.74) is 1.66. The third-order valence-electron chi connectivity index (χ3n) is 3.59. The van der Waals surface area contributed by atoms with Gasteiger partial charge in [0, 0.05) is 17.7 Å². The van der Waals surface area contributed by atoms with Crippen molar-refractivity contribution < 1.29 is 9.13 Å². The van der Waals surface area contributed by atoms with Gasteiger partial charge < -0.3 is 15.4 Å². The first kappa shape index (κ1) is 17.4. The first-order chi connectivity index (χ1) is 11.3. The highest BCUT2D eigenvalue weighted by molar-refractivity contribution is 5.33. The van der Waals surface area contributed by atoms with Gasteiger partial charge in [-0.15, -0.1) is 0 Å². The van der Waals surface area contributed by atoms with Crippen LogP contribution in [0.25, 0.3) is 0 Å². The van der Waals surface area contributed by atoms with Crippen LogP contribution in [0.15, 0.2) is 48.5 Å². The smallest absolute Gasteiger partial charge is 0.129 e. The molecule has 2 rings (SSSR count). The molecule has 0 aliphatic carbocycles. The molecule has 0 fully saturated rings. The SMILES string of the molecule is CCNCCCNCc1ccccc1OCc1ccccc1F. The average molecular weight is 316 g/mol. The van der Waals surface area contributed by atoms with Crippen LogP contribution in [-0.2, 0) is 13.2 Å². The van der Waals surface area contributed by atoms with Crippen molar-refractivity contribution in [1.29, 1.82) is 0 Å². The molecule has 0 atom stereocenters. The summed E-state index contributed by atoms with van der Waals surface area (Å²) in [5.74, 6) is 0.571. The van der Waals surface area contributed by atoms with E-state index in [4.69, 9.17) is 4.74 Å². The van der Waals surface area contributed by atoms with Crippen molar-refractivity contribution >= 4 is 0 Å². The van der Waals surface area contributed by atoms with Gasteiger partial charge in [0.1, 0.15) is 18.2 Å². The van der Waals surface area contributed by atoms with Crippen molar-refractivity contribution in [2.45, 2.75) is 26.5 Å². The van der Waals surface area contributed by atoms with E-state index < -0.39 is 0 Å². The third kappa shape index (κ3) is 6.00. The Morgan fingerprint density at radius 1 is 0.913 bits per heavy atom. The van der Waals surface area contributed by atoms with Crippen LogP contribution in [0.3, 0.4) is 0 Å². The highest BCUT2D eigenvalue weighted by Gasteiger charge is 2.05. The zero-order valence-corrected chi connectivity index (χ0v) is 13.6. The molecule has 4 heteroatoms. The summed E-state index contributed by atoms with van der Waals surface area (Å²) in [6.07, 6.45) is 1.09. The summed E-state index contributed by atoms with van der Waals surface area (Å²) in [6, 6.07) is 14.6. The van der Waals surface area contributed by atoms with Gasteiger partial charge in [-0.1, -0.05) is 43.3 Å². The van der Waals surface area contributed by atoms with Crippen LogP contribution in [0.2, 0.25) is 0 Å². The molecule has 0 radical (unpaired) electrons. The van der Waals surface area contributed by atoms with Crippen LogP contribution in [0.1, 0.15) is 24.5 Å². The van der Waals surface area contributed by atoms with Gasteiger partial charge in [0.25, 0.3) is 0 Å². The van der Waals surface area contributed by atoms with Gasteiger partial charge in [0.15, 0.2) is 0 Å². The summed E-state index contributed by atoms with van der Waals surface area (Å²) >= 11 is 0. The summed E-state index contributed by atoms with van der Waals surface area (Å²) in [7, 11) is 0. The lowest BCUT2D eigenvalue weighted by atomic mass is 10.2. The molecule has 0 unspecified atom stereocenters. The van der Waals surface area contributed by atoms with E-state index in [1.165, 1.54) is 6.07 Å². The normalized spacial score (nSPS) is 10.7. The molecule has 0 saturated heterocycles. The van der Waals surface area contributed by atoms with Gasteiger partial charge in [-0.05, 0) is 38.2 Å². The summed E-state index contributed by atoms with van der Waals surface area (Å²) < 4.78 is 19.5. The van der Waals surface area contributed by atoms with E-state index in [-0.39, 0.29) is 12.4 Å². The Hall–Kier alpha value is -1.91. The standard InChI is InChI=1S/C19H25FN2O/c1-2-21-12-7-13-22-14-16-8-4-6-11-19(16)23-15-17-9-3-5-10-18(17)20/h3-6,8-11,21-22H,2,7,12-15H2,1H3. The van der Waals surface area contributed by atoms with E-state index >= 15 is 0 Å². The Morgan fingerprint density at radius 2 is 1.61 bits per heavy atom. The second-order valence-corrected chi connectivity index (χ2v) is 5.37. The molecular weight excluding hydrogens is 291 g/mol. The van der Waals surface area contributed by atoms with Gasteiger partial charge in [-0.2, -0.15) is 0 Å². The third-order valence-corrected chi connectivity index (χ3v) is 3.59. The van der Waals surface area contributed by atoms with Crippen molar-refractivity contribution in [3.05, 3.63) is 65.5 Å². The number of nitrogens with one attached hydrogen (secondary N) is 2. The predicted molar refractivity (Wildman–Crippen MR) is 92.0 cm³/mol. The van der Waals surface area contributed by atoms with Crippen molar-refractivity contribution in [2.75, 3.05) is 19.6 Å². The first-order valence-electron chi connectivity index (χ1n) is 8.16. The number of benzene rings is 2. The molecule has 3 nitrogen and oxygen atoms in total. The molecule has 0 amide bonds. The maximum absolute atomic E-state index is 13.6. The van der Waals surface area contributed by atoms with Crippen LogP contribution in [-0.4, -0.2) is 19.6 Å². The highest BCUT2D eigenvalue weighted by Crippen LogP contribution is 2.20. The predicted octanol–water partition coefficient (Wildman–Crippen LogP) is 3.49. The molecule has 0 aromatic heterocycles. The Kier molecular flexibility index (Phi) is 7.57. The number of para-hydroxylation sites is 1. The minimum Gasteiger partial charge on any atom is -0.488 e. The van der Waals surface area contributed by atoms with Crippen LogP contribution < -0.4 is 15.4 Å². The molecule has 0 saturated carbocycles. The van der Waals surface area contributed by atoms with Crippen LogP contribution in [0.4, 0.5) is 4.39 Å². The van der Waals surface area contributed by atoms with Gasteiger partial charge in [-0.3, -0.25) is 0 Å². The minimum atomic E-state index is -0.230. The van der Waals surface area contributed by atoms with Gasteiger partial charge >= 0.3 is 0 Å². The van der Waals surface area contributed by atoms with Crippen molar-refractivity contribution in [3.63, 3.8) is 0 Å². The minimum absolute atomic E-state index is 0.230. The van der Waals surface area contributed by atoms with E-state index in [2.05, 4.69) is 17.6 Å². The largest absolute Gasteiger partial charge is 0.488 e. The molecule has 0 heterocycles. The molecule has 0 aliphatic rings. The zero-order valence-electron chi connectivity index (χ0n) is 13.6. The molecule has 124 valence electrons.